The van der Waals surface area contributed by atoms with Crippen molar-refractivity contribution in [1.82, 2.24) is 24.5 Å². The van der Waals surface area contributed by atoms with E-state index >= 15 is 0 Å². The minimum atomic E-state index is -0.180. The summed E-state index contributed by atoms with van der Waals surface area (Å²) in [5.41, 5.74) is 4.23. The van der Waals surface area contributed by atoms with E-state index in [9.17, 15) is 4.79 Å². The van der Waals surface area contributed by atoms with Crippen molar-refractivity contribution in [2.75, 3.05) is 5.32 Å². The van der Waals surface area contributed by atoms with E-state index < -0.39 is 0 Å². The molecule has 0 unspecified atom stereocenters. The van der Waals surface area contributed by atoms with Gasteiger partial charge in [0.1, 0.15) is 11.8 Å². The molecule has 3 heterocycles. The zero-order chi connectivity index (χ0) is 20.7. The van der Waals surface area contributed by atoms with Crippen molar-refractivity contribution in [1.29, 1.82) is 0 Å². The summed E-state index contributed by atoms with van der Waals surface area (Å²) in [7, 11) is 0. The van der Waals surface area contributed by atoms with Crippen LogP contribution in [0.1, 0.15) is 38.4 Å². The zero-order valence-corrected chi connectivity index (χ0v) is 16.9. The van der Waals surface area contributed by atoms with E-state index in [1.165, 1.54) is 6.33 Å². The lowest BCUT2D eigenvalue weighted by molar-refractivity contribution is 0.758. The highest BCUT2D eigenvalue weighted by atomic mass is 16.1. The van der Waals surface area contributed by atoms with Gasteiger partial charge in [-0.3, -0.25) is 9.36 Å². The van der Waals surface area contributed by atoms with E-state index in [4.69, 9.17) is 0 Å². The predicted molar refractivity (Wildman–Crippen MR) is 118 cm³/mol. The Morgan fingerprint density at radius 1 is 1.17 bits per heavy atom. The van der Waals surface area contributed by atoms with Crippen LogP contribution in [0.5, 0.6) is 0 Å². The number of aromatic nitrogens is 5. The van der Waals surface area contributed by atoms with Crippen LogP contribution in [0.4, 0.5) is 5.82 Å². The third-order valence-corrected chi connectivity index (χ3v) is 5.61. The fourth-order valence-electron chi connectivity index (χ4n) is 4.12. The van der Waals surface area contributed by atoms with Gasteiger partial charge in [0.15, 0.2) is 11.5 Å². The third-order valence-electron chi connectivity index (χ3n) is 5.61. The molecule has 0 saturated carbocycles. The summed E-state index contributed by atoms with van der Waals surface area (Å²) in [5, 5.41) is 5.27. The molecule has 7 nitrogen and oxygen atoms in total. The molecule has 7 heteroatoms. The van der Waals surface area contributed by atoms with Gasteiger partial charge in [-0.1, -0.05) is 29.8 Å². The molecular formula is C23H22N6O. The van der Waals surface area contributed by atoms with E-state index in [1.807, 2.05) is 41.8 Å². The highest BCUT2D eigenvalue weighted by Gasteiger charge is 2.18. The summed E-state index contributed by atoms with van der Waals surface area (Å²) >= 11 is 0. The Kier molecular flexibility index (Phi) is 4.43. The molecule has 0 aliphatic heterocycles. The predicted octanol–water partition coefficient (Wildman–Crippen LogP) is 2.42. The smallest absolute Gasteiger partial charge is 0.263 e. The summed E-state index contributed by atoms with van der Waals surface area (Å²) in [6.07, 6.45) is 7.12. The second kappa shape index (κ2) is 7.26. The molecule has 1 aliphatic carbocycles. The van der Waals surface area contributed by atoms with Gasteiger partial charge in [0, 0.05) is 16.6 Å². The lowest BCUT2D eigenvalue weighted by Gasteiger charge is -2.22. The van der Waals surface area contributed by atoms with Gasteiger partial charge >= 0.3 is 0 Å². The average Bonchev–Trinajstić information content (AvgIpc) is 3.24. The van der Waals surface area contributed by atoms with Crippen molar-refractivity contribution in [2.24, 2.45) is 0 Å². The normalized spacial score (nSPS) is 14.3. The second-order valence-electron chi connectivity index (χ2n) is 7.59. The summed E-state index contributed by atoms with van der Waals surface area (Å²) < 4.78 is 1.81. The van der Waals surface area contributed by atoms with Crippen molar-refractivity contribution in [3.8, 4) is 5.69 Å². The number of rotatable bonds is 4. The minimum Gasteiger partial charge on any atom is -0.360 e. The zero-order valence-electron chi connectivity index (χ0n) is 16.9. The van der Waals surface area contributed by atoms with Crippen molar-refractivity contribution < 1.29 is 0 Å². The van der Waals surface area contributed by atoms with Gasteiger partial charge in [-0.25, -0.2) is 15.0 Å². The second-order valence-corrected chi connectivity index (χ2v) is 7.59. The van der Waals surface area contributed by atoms with Gasteiger partial charge in [-0.05, 0) is 50.1 Å². The van der Waals surface area contributed by atoms with Gasteiger partial charge < -0.3 is 10.3 Å². The number of hydrogen-bond donors (Lipinski definition) is 2. The number of benzene rings is 1. The number of nitrogens with zero attached hydrogens (tertiary/aromatic N) is 4. The first-order valence-corrected chi connectivity index (χ1v) is 10.1. The lowest BCUT2D eigenvalue weighted by atomic mass is 10.00. The van der Waals surface area contributed by atoms with Gasteiger partial charge in [0.05, 0.1) is 12.4 Å². The molecule has 0 radical (unpaired) electrons. The van der Waals surface area contributed by atoms with Crippen molar-refractivity contribution >= 4 is 28.6 Å². The fraction of sp³-hybridized carbons (Fsp3) is 0.217. The molecular weight excluding hydrogens is 376 g/mol. The van der Waals surface area contributed by atoms with Crippen LogP contribution in [0.15, 0.2) is 53.8 Å². The van der Waals surface area contributed by atoms with Crippen molar-refractivity contribution in [2.45, 2.75) is 32.7 Å². The number of H-pyrrole nitrogens is 1. The summed E-state index contributed by atoms with van der Waals surface area (Å²) in [4.78, 5) is 29.4. The highest BCUT2D eigenvalue weighted by Crippen LogP contribution is 2.22. The molecule has 4 aromatic rings. The largest absolute Gasteiger partial charge is 0.360 e. The Morgan fingerprint density at radius 2 is 2.00 bits per heavy atom. The summed E-state index contributed by atoms with van der Waals surface area (Å²) in [5.74, 6) is 0.654. The minimum absolute atomic E-state index is 0.0187. The van der Waals surface area contributed by atoms with E-state index in [1.54, 1.807) is 6.33 Å². The van der Waals surface area contributed by atoms with Crippen LogP contribution in [0.3, 0.4) is 0 Å². The molecule has 5 rings (SSSR count). The Labute approximate surface area is 172 Å². The maximum absolute atomic E-state index is 13.6. The number of para-hydroxylation sites is 1. The van der Waals surface area contributed by atoms with Crippen molar-refractivity contribution in [3.05, 3.63) is 75.5 Å². The number of anilines is 1. The van der Waals surface area contributed by atoms with E-state index in [-0.39, 0.29) is 11.6 Å². The maximum Gasteiger partial charge on any atom is 0.263 e. The van der Waals surface area contributed by atoms with Crippen LogP contribution >= 0.6 is 0 Å². The molecule has 0 spiro atoms. The number of hydrogen-bond acceptors (Lipinski definition) is 5. The first-order chi connectivity index (χ1) is 14.6. The monoisotopic (exact) mass is 398 g/mol. The first-order valence-electron chi connectivity index (χ1n) is 10.1. The van der Waals surface area contributed by atoms with Crippen LogP contribution < -0.4 is 21.3 Å². The van der Waals surface area contributed by atoms with Crippen LogP contribution in [0.25, 0.3) is 28.5 Å². The molecule has 3 aromatic heterocycles. The Bertz CT molecular complexity index is 1420. The molecule has 0 bridgehead atoms. The average molecular weight is 398 g/mol. The molecule has 150 valence electrons. The van der Waals surface area contributed by atoms with Crippen LogP contribution in [-0.2, 0) is 0 Å². The number of pyridine rings is 1. The van der Waals surface area contributed by atoms with Crippen LogP contribution in [0, 0.1) is 0 Å². The molecule has 0 saturated heterocycles. The van der Waals surface area contributed by atoms with Crippen LogP contribution in [-0.4, -0.2) is 24.5 Å². The van der Waals surface area contributed by atoms with Gasteiger partial charge in [-0.15, -0.1) is 0 Å². The quantitative estimate of drug-likeness (QED) is 0.551. The molecule has 0 amide bonds. The van der Waals surface area contributed by atoms with Gasteiger partial charge in [0.2, 0.25) is 0 Å². The van der Waals surface area contributed by atoms with Crippen LogP contribution in [0.2, 0.25) is 0 Å². The number of aromatic amines is 1. The number of imidazole rings is 1. The molecule has 1 aromatic carbocycles. The lowest BCUT2D eigenvalue weighted by Crippen LogP contribution is -2.48. The SMILES string of the molecule is CC1=c2c(cc([C@H](C)Nc3ncnc4nc[nH]c34)n(-c3ccccc3)c2=O)=CCC1. The Morgan fingerprint density at radius 3 is 2.83 bits per heavy atom. The first kappa shape index (κ1) is 18.3. The van der Waals surface area contributed by atoms with E-state index in [2.05, 4.69) is 44.3 Å². The molecule has 1 atom stereocenters. The van der Waals surface area contributed by atoms with E-state index in [0.29, 0.717) is 11.5 Å². The Balaban J connectivity index is 1.71. The van der Waals surface area contributed by atoms with Gasteiger partial charge in [0.25, 0.3) is 5.56 Å². The van der Waals surface area contributed by atoms with Gasteiger partial charge in [-0.2, -0.15) is 0 Å². The number of fused-ring (bicyclic) bond motifs is 2. The highest BCUT2D eigenvalue weighted by molar-refractivity contribution is 5.82. The summed E-state index contributed by atoms with van der Waals surface area (Å²) in [6.45, 7) is 4.09. The standard InChI is InChI=1S/C23H22N6O/c1-14-7-6-8-16-11-18(29(23(30)19(14)16)17-9-4-3-5-10-17)15(2)28-22-20-21(25-12-24-20)26-13-27-22/h3-5,8-13,15H,6-7H2,1-2H3,(H2,24,25,26,27,28)/t15-/m0/s1. The third kappa shape index (κ3) is 2.99. The van der Waals surface area contributed by atoms with E-state index in [0.717, 1.165) is 45.8 Å². The molecule has 30 heavy (non-hydrogen) atoms. The molecule has 0 fully saturated rings. The molecule has 1 aliphatic rings. The molecule has 2 N–H and O–H groups in total. The maximum atomic E-state index is 13.6. The number of nitrogens with one attached hydrogen (secondary N) is 2. The fourth-order valence-corrected chi connectivity index (χ4v) is 4.12. The topological polar surface area (TPSA) is 88.5 Å². The summed E-state index contributed by atoms with van der Waals surface area (Å²) in [6, 6.07) is 11.7. The Hall–Kier alpha value is -3.74. The van der Waals surface area contributed by atoms with Crippen molar-refractivity contribution in [3.63, 3.8) is 0 Å².